The fourth-order valence-electron chi connectivity index (χ4n) is 1.92. The highest BCUT2D eigenvalue weighted by Gasteiger charge is 2.16. The summed E-state index contributed by atoms with van der Waals surface area (Å²) in [6.45, 7) is 4.67. The number of rotatable bonds is 4. The first-order valence-electron chi connectivity index (χ1n) is 6.24. The van der Waals surface area contributed by atoms with E-state index in [-0.39, 0.29) is 5.38 Å². The molecular formula is C16H16BrClO. The molecule has 1 unspecified atom stereocenters. The number of halogens is 2. The van der Waals surface area contributed by atoms with Crippen LogP contribution in [0.1, 0.15) is 29.0 Å². The number of alkyl halides is 1. The SMILES string of the molecule is CCOc1ccc(Br)cc1C(Cl)c1ccc(C)cc1. The van der Waals surface area contributed by atoms with Crippen LogP contribution >= 0.6 is 27.5 Å². The van der Waals surface area contributed by atoms with Crippen LogP contribution in [-0.4, -0.2) is 6.61 Å². The van der Waals surface area contributed by atoms with Crippen LogP contribution in [0.15, 0.2) is 46.9 Å². The van der Waals surface area contributed by atoms with E-state index < -0.39 is 0 Å². The maximum atomic E-state index is 6.60. The summed E-state index contributed by atoms with van der Waals surface area (Å²) in [5.41, 5.74) is 3.29. The zero-order chi connectivity index (χ0) is 13.8. The Morgan fingerprint density at radius 1 is 1.16 bits per heavy atom. The van der Waals surface area contributed by atoms with Crippen molar-refractivity contribution in [2.24, 2.45) is 0 Å². The normalized spacial score (nSPS) is 12.2. The summed E-state index contributed by atoms with van der Waals surface area (Å²) in [5.74, 6) is 0.839. The van der Waals surface area contributed by atoms with Crippen molar-refractivity contribution in [2.45, 2.75) is 19.2 Å². The maximum absolute atomic E-state index is 6.60. The molecule has 0 saturated carbocycles. The van der Waals surface area contributed by atoms with Crippen LogP contribution in [0.3, 0.4) is 0 Å². The van der Waals surface area contributed by atoms with Crippen molar-refractivity contribution in [3.63, 3.8) is 0 Å². The van der Waals surface area contributed by atoms with E-state index in [1.807, 2.05) is 25.1 Å². The van der Waals surface area contributed by atoms with Crippen LogP contribution in [0.2, 0.25) is 0 Å². The lowest BCUT2D eigenvalue weighted by molar-refractivity contribution is 0.337. The third-order valence-electron chi connectivity index (χ3n) is 2.91. The van der Waals surface area contributed by atoms with Crippen LogP contribution in [0.5, 0.6) is 5.75 Å². The molecule has 0 spiro atoms. The van der Waals surface area contributed by atoms with Gasteiger partial charge in [-0.15, -0.1) is 11.6 Å². The molecule has 0 aliphatic carbocycles. The molecule has 2 rings (SSSR count). The molecule has 100 valence electrons. The second-order valence-electron chi connectivity index (χ2n) is 4.39. The van der Waals surface area contributed by atoms with Gasteiger partial charge >= 0.3 is 0 Å². The molecule has 0 aliphatic heterocycles. The molecule has 0 N–H and O–H groups in total. The molecule has 2 aromatic rings. The Labute approximate surface area is 127 Å². The number of benzene rings is 2. The fraction of sp³-hybridized carbons (Fsp3) is 0.250. The van der Waals surface area contributed by atoms with Gasteiger partial charge in [0.2, 0.25) is 0 Å². The van der Waals surface area contributed by atoms with Gasteiger partial charge in [0.05, 0.1) is 12.0 Å². The second kappa shape index (κ2) is 6.44. The number of ether oxygens (including phenoxy) is 1. The van der Waals surface area contributed by atoms with Gasteiger partial charge in [-0.05, 0) is 37.6 Å². The van der Waals surface area contributed by atoms with Crippen LogP contribution in [0.25, 0.3) is 0 Å². The summed E-state index contributed by atoms with van der Waals surface area (Å²) in [6, 6.07) is 14.2. The van der Waals surface area contributed by atoms with Gasteiger partial charge in [0.1, 0.15) is 5.75 Å². The lowest BCUT2D eigenvalue weighted by Crippen LogP contribution is -2.00. The van der Waals surface area contributed by atoms with Crippen LogP contribution in [-0.2, 0) is 0 Å². The largest absolute Gasteiger partial charge is 0.494 e. The molecular weight excluding hydrogens is 324 g/mol. The van der Waals surface area contributed by atoms with E-state index in [4.69, 9.17) is 16.3 Å². The molecule has 0 heterocycles. The third-order valence-corrected chi connectivity index (χ3v) is 3.90. The average Bonchev–Trinajstić information content (AvgIpc) is 2.41. The predicted molar refractivity (Wildman–Crippen MR) is 84.2 cm³/mol. The maximum Gasteiger partial charge on any atom is 0.124 e. The van der Waals surface area contributed by atoms with Crippen LogP contribution in [0, 0.1) is 6.92 Å². The van der Waals surface area contributed by atoms with Crippen LogP contribution < -0.4 is 4.74 Å². The molecule has 0 aromatic heterocycles. The van der Waals surface area contributed by atoms with Gasteiger partial charge < -0.3 is 4.74 Å². The number of hydrogen-bond acceptors (Lipinski definition) is 1. The minimum atomic E-state index is -0.209. The zero-order valence-electron chi connectivity index (χ0n) is 11.0. The van der Waals surface area contributed by atoms with Crippen molar-refractivity contribution in [2.75, 3.05) is 6.61 Å². The Morgan fingerprint density at radius 3 is 2.47 bits per heavy atom. The minimum Gasteiger partial charge on any atom is -0.494 e. The second-order valence-corrected chi connectivity index (χ2v) is 5.74. The van der Waals surface area contributed by atoms with E-state index in [0.29, 0.717) is 6.61 Å². The molecule has 19 heavy (non-hydrogen) atoms. The quantitative estimate of drug-likeness (QED) is 0.670. The molecule has 0 saturated heterocycles. The van der Waals surface area contributed by atoms with Crippen molar-refractivity contribution >= 4 is 27.5 Å². The number of hydrogen-bond donors (Lipinski definition) is 0. The summed E-state index contributed by atoms with van der Waals surface area (Å²) in [6.07, 6.45) is 0. The Bertz CT molecular complexity index is 551. The van der Waals surface area contributed by atoms with Gasteiger partial charge in [-0.25, -0.2) is 0 Å². The van der Waals surface area contributed by atoms with Crippen molar-refractivity contribution in [1.82, 2.24) is 0 Å². The first-order chi connectivity index (χ1) is 9.11. The van der Waals surface area contributed by atoms with Crippen molar-refractivity contribution in [3.05, 3.63) is 63.6 Å². The van der Waals surface area contributed by atoms with Crippen molar-refractivity contribution < 1.29 is 4.74 Å². The summed E-state index contributed by atoms with van der Waals surface area (Å²) in [4.78, 5) is 0. The van der Waals surface area contributed by atoms with Gasteiger partial charge in [-0.3, -0.25) is 0 Å². The summed E-state index contributed by atoms with van der Waals surface area (Å²) in [7, 11) is 0. The summed E-state index contributed by atoms with van der Waals surface area (Å²) in [5, 5.41) is -0.209. The molecule has 3 heteroatoms. The Hall–Kier alpha value is -0.990. The predicted octanol–water partition coefficient (Wildman–Crippen LogP) is 5.48. The lowest BCUT2D eigenvalue weighted by Gasteiger charge is -2.16. The molecule has 0 aliphatic rings. The van der Waals surface area contributed by atoms with E-state index in [2.05, 4.69) is 47.1 Å². The topological polar surface area (TPSA) is 9.23 Å². The summed E-state index contributed by atoms with van der Waals surface area (Å²) >= 11 is 10.1. The Morgan fingerprint density at radius 2 is 1.84 bits per heavy atom. The first kappa shape index (κ1) is 14.4. The molecule has 0 bridgehead atoms. The van der Waals surface area contributed by atoms with E-state index >= 15 is 0 Å². The molecule has 1 atom stereocenters. The molecule has 0 radical (unpaired) electrons. The van der Waals surface area contributed by atoms with Crippen molar-refractivity contribution in [1.29, 1.82) is 0 Å². The highest BCUT2D eigenvalue weighted by Crippen LogP contribution is 2.36. The van der Waals surface area contributed by atoms with E-state index in [1.165, 1.54) is 5.56 Å². The highest BCUT2D eigenvalue weighted by atomic mass is 79.9. The highest BCUT2D eigenvalue weighted by molar-refractivity contribution is 9.10. The molecule has 2 aromatic carbocycles. The van der Waals surface area contributed by atoms with Gasteiger partial charge in [0.15, 0.2) is 0 Å². The van der Waals surface area contributed by atoms with Crippen LogP contribution in [0.4, 0.5) is 0 Å². The van der Waals surface area contributed by atoms with Gasteiger partial charge in [0.25, 0.3) is 0 Å². The summed E-state index contributed by atoms with van der Waals surface area (Å²) < 4.78 is 6.66. The molecule has 0 amide bonds. The van der Waals surface area contributed by atoms with E-state index in [0.717, 1.165) is 21.3 Å². The standard InChI is InChI=1S/C16H16BrClO/c1-3-19-15-9-8-13(17)10-14(15)16(18)12-6-4-11(2)5-7-12/h4-10,16H,3H2,1-2H3. The lowest BCUT2D eigenvalue weighted by atomic mass is 10.0. The first-order valence-corrected chi connectivity index (χ1v) is 7.47. The zero-order valence-corrected chi connectivity index (χ0v) is 13.3. The van der Waals surface area contributed by atoms with Gasteiger partial charge in [0, 0.05) is 10.0 Å². The van der Waals surface area contributed by atoms with E-state index in [9.17, 15) is 0 Å². The monoisotopic (exact) mass is 338 g/mol. The molecule has 0 fully saturated rings. The van der Waals surface area contributed by atoms with Gasteiger partial charge in [-0.2, -0.15) is 0 Å². The molecule has 1 nitrogen and oxygen atoms in total. The number of aryl methyl sites for hydroxylation is 1. The van der Waals surface area contributed by atoms with Gasteiger partial charge in [-0.1, -0.05) is 45.8 Å². The average molecular weight is 340 g/mol. The van der Waals surface area contributed by atoms with Crippen molar-refractivity contribution in [3.8, 4) is 5.75 Å². The smallest absolute Gasteiger partial charge is 0.124 e. The fourth-order valence-corrected chi connectivity index (χ4v) is 2.61. The van der Waals surface area contributed by atoms with E-state index in [1.54, 1.807) is 0 Å². The third kappa shape index (κ3) is 3.52. The Balaban J connectivity index is 2.39. The Kier molecular flexibility index (Phi) is 4.89. The minimum absolute atomic E-state index is 0.209.